The van der Waals surface area contributed by atoms with Gasteiger partial charge in [0.25, 0.3) is 5.56 Å². The van der Waals surface area contributed by atoms with Crippen molar-refractivity contribution in [3.63, 3.8) is 0 Å². The third kappa shape index (κ3) is 6.66. The number of benzene rings is 2. The minimum absolute atomic E-state index is 0.119. The number of allylic oxidation sites excluding steroid dienone is 1. The molecule has 0 radical (unpaired) electrons. The smallest absolute Gasteiger partial charge is 0.338 e. The van der Waals surface area contributed by atoms with E-state index < -0.39 is 18.0 Å². The van der Waals surface area contributed by atoms with Crippen LogP contribution in [-0.4, -0.2) is 36.8 Å². The number of thiazole rings is 1. The van der Waals surface area contributed by atoms with Crippen molar-refractivity contribution < 1.29 is 28.5 Å². The van der Waals surface area contributed by atoms with Crippen LogP contribution < -0.4 is 29.1 Å². The summed E-state index contributed by atoms with van der Waals surface area (Å²) < 4.78 is 23.9. The normalized spacial score (nSPS) is 14.8. The van der Waals surface area contributed by atoms with Crippen molar-refractivity contribution >= 4 is 29.4 Å². The van der Waals surface area contributed by atoms with Crippen molar-refractivity contribution in [3.8, 4) is 17.2 Å². The van der Waals surface area contributed by atoms with Crippen LogP contribution in [0.25, 0.3) is 6.08 Å². The molecule has 0 aliphatic carbocycles. The summed E-state index contributed by atoms with van der Waals surface area (Å²) in [6.07, 6.45) is 3.42. The number of nitrogens with zero attached hydrogens (tertiary/aromatic N) is 2. The molecule has 1 aromatic heterocycles. The highest BCUT2D eigenvalue weighted by molar-refractivity contribution is 7.07. The van der Waals surface area contributed by atoms with E-state index in [1.807, 2.05) is 38.1 Å². The van der Waals surface area contributed by atoms with E-state index in [4.69, 9.17) is 18.9 Å². The molecule has 0 saturated heterocycles. The predicted molar refractivity (Wildman–Crippen MR) is 156 cm³/mol. The van der Waals surface area contributed by atoms with Gasteiger partial charge >= 0.3 is 11.9 Å². The van der Waals surface area contributed by atoms with Crippen LogP contribution in [0.1, 0.15) is 44.9 Å². The lowest BCUT2D eigenvalue weighted by Gasteiger charge is -2.25. The fraction of sp³-hybridized carbons (Fsp3) is 0.290. The molecular formula is C31H32N2O7S. The molecule has 0 N–H and O–H groups in total. The second kappa shape index (κ2) is 12.8. The minimum atomic E-state index is -0.851. The van der Waals surface area contributed by atoms with Crippen LogP contribution >= 0.6 is 11.3 Å². The van der Waals surface area contributed by atoms with Crippen molar-refractivity contribution in [2.75, 3.05) is 20.3 Å². The lowest BCUT2D eigenvalue weighted by atomic mass is 9.95. The molecule has 10 heteroatoms. The van der Waals surface area contributed by atoms with Crippen molar-refractivity contribution in [2.45, 2.75) is 33.7 Å². The zero-order chi connectivity index (χ0) is 29.7. The first-order valence-corrected chi connectivity index (χ1v) is 13.8. The molecule has 4 rings (SSSR count). The molecule has 214 valence electrons. The van der Waals surface area contributed by atoms with E-state index in [0.717, 1.165) is 5.56 Å². The summed E-state index contributed by atoms with van der Waals surface area (Å²) in [5.41, 5.74) is 1.70. The number of rotatable bonds is 10. The molecule has 0 fully saturated rings. The van der Waals surface area contributed by atoms with Gasteiger partial charge in [0, 0.05) is 6.92 Å². The molecule has 2 heterocycles. The van der Waals surface area contributed by atoms with Gasteiger partial charge in [-0.05, 0) is 54.3 Å². The van der Waals surface area contributed by atoms with Crippen LogP contribution in [0.15, 0.2) is 76.2 Å². The van der Waals surface area contributed by atoms with E-state index in [9.17, 15) is 14.4 Å². The lowest BCUT2D eigenvalue weighted by Crippen LogP contribution is -2.40. The summed E-state index contributed by atoms with van der Waals surface area (Å²) in [5.74, 6) is 0.204. The van der Waals surface area contributed by atoms with Crippen LogP contribution in [-0.2, 0) is 14.3 Å². The Hall–Kier alpha value is -4.44. The first-order valence-electron chi connectivity index (χ1n) is 13.0. The molecule has 3 aromatic rings. The molecule has 41 heavy (non-hydrogen) atoms. The van der Waals surface area contributed by atoms with Crippen LogP contribution in [0, 0.1) is 5.92 Å². The maximum absolute atomic E-state index is 13.9. The molecule has 0 bridgehead atoms. The maximum atomic E-state index is 13.9. The van der Waals surface area contributed by atoms with Crippen LogP contribution in [0.5, 0.6) is 17.2 Å². The Kier molecular flexibility index (Phi) is 9.24. The topological polar surface area (TPSA) is 105 Å². The van der Waals surface area contributed by atoms with E-state index in [0.29, 0.717) is 33.0 Å². The number of carbonyl (C=O) groups excluding carboxylic acids is 2. The summed E-state index contributed by atoms with van der Waals surface area (Å²) in [7, 11) is 1.45. The van der Waals surface area contributed by atoms with Gasteiger partial charge in [0.15, 0.2) is 16.3 Å². The SMILES string of the molecule is C=CCOc1cccc(/C=c2/sc3n(c2=O)[C@@H](c2ccc(OC(C)=O)c(OC)c2)C(C(=O)OCC(C)C)=C(C)N=3)c1. The van der Waals surface area contributed by atoms with Crippen molar-refractivity contribution in [1.29, 1.82) is 0 Å². The zero-order valence-electron chi connectivity index (χ0n) is 23.6. The molecule has 0 unspecified atom stereocenters. The van der Waals surface area contributed by atoms with Gasteiger partial charge in [-0.3, -0.25) is 14.2 Å². The number of aromatic nitrogens is 1. The summed E-state index contributed by atoms with van der Waals surface area (Å²) >= 11 is 1.22. The highest BCUT2D eigenvalue weighted by Crippen LogP contribution is 2.36. The number of methoxy groups -OCH3 is 1. The average molecular weight is 577 g/mol. The second-order valence-corrected chi connectivity index (χ2v) is 10.8. The molecular weight excluding hydrogens is 544 g/mol. The van der Waals surface area contributed by atoms with Gasteiger partial charge in [-0.1, -0.05) is 56.0 Å². The first-order chi connectivity index (χ1) is 19.6. The number of ether oxygens (including phenoxy) is 4. The number of hydrogen-bond acceptors (Lipinski definition) is 9. The molecule has 0 saturated carbocycles. The van der Waals surface area contributed by atoms with Gasteiger partial charge in [0.05, 0.1) is 35.6 Å². The van der Waals surface area contributed by atoms with E-state index in [2.05, 4.69) is 11.6 Å². The monoisotopic (exact) mass is 576 g/mol. The summed E-state index contributed by atoms with van der Waals surface area (Å²) in [4.78, 5) is 44.0. The highest BCUT2D eigenvalue weighted by Gasteiger charge is 2.34. The lowest BCUT2D eigenvalue weighted by molar-refractivity contribution is -0.140. The third-order valence-corrected chi connectivity index (χ3v) is 7.05. The van der Waals surface area contributed by atoms with Crippen LogP contribution in [0.4, 0.5) is 0 Å². The Balaban J connectivity index is 1.89. The molecule has 2 aromatic carbocycles. The van der Waals surface area contributed by atoms with Crippen LogP contribution in [0.2, 0.25) is 0 Å². The predicted octanol–water partition coefficient (Wildman–Crippen LogP) is 3.93. The quantitative estimate of drug-likeness (QED) is 0.205. The number of hydrogen-bond donors (Lipinski definition) is 0. The maximum Gasteiger partial charge on any atom is 0.338 e. The van der Waals surface area contributed by atoms with Gasteiger partial charge in [0.1, 0.15) is 12.4 Å². The van der Waals surface area contributed by atoms with Gasteiger partial charge in [-0.2, -0.15) is 0 Å². The molecule has 1 aliphatic rings. The van der Waals surface area contributed by atoms with E-state index in [-0.39, 0.29) is 35.2 Å². The van der Waals surface area contributed by atoms with Gasteiger partial charge in [0.2, 0.25) is 0 Å². The summed E-state index contributed by atoms with van der Waals surface area (Å²) in [5, 5.41) is 0. The standard InChI is InChI=1S/C31H32N2O7S/c1-7-13-38-23-10-8-9-21(14-23)15-26-29(35)33-28(22-11-12-24(40-20(5)34)25(16-22)37-6)27(19(4)32-31(33)41-26)30(36)39-17-18(2)3/h7-12,14-16,18,28H,1,13,17H2,2-6H3/b26-15+/t28-/m0/s1. The average Bonchev–Trinajstić information content (AvgIpc) is 3.23. The van der Waals surface area contributed by atoms with Gasteiger partial charge in [-0.25, -0.2) is 9.79 Å². The first kappa shape index (κ1) is 29.5. The van der Waals surface area contributed by atoms with E-state index >= 15 is 0 Å². The Bertz CT molecular complexity index is 1700. The fourth-order valence-corrected chi connectivity index (χ4v) is 5.36. The van der Waals surface area contributed by atoms with E-state index in [1.165, 1.54) is 29.9 Å². The van der Waals surface area contributed by atoms with Crippen molar-refractivity contribution in [2.24, 2.45) is 10.9 Å². The fourth-order valence-electron chi connectivity index (χ4n) is 4.31. The molecule has 9 nitrogen and oxygen atoms in total. The molecule has 0 spiro atoms. The number of esters is 2. The Labute approximate surface area is 241 Å². The zero-order valence-corrected chi connectivity index (χ0v) is 24.4. The van der Waals surface area contributed by atoms with Crippen molar-refractivity contribution in [3.05, 3.63) is 97.2 Å². The van der Waals surface area contributed by atoms with Crippen LogP contribution in [0.3, 0.4) is 0 Å². The summed E-state index contributed by atoms with van der Waals surface area (Å²) in [6, 6.07) is 11.4. The molecule has 0 amide bonds. The highest BCUT2D eigenvalue weighted by atomic mass is 32.1. The number of carbonyl (C=O) groups is 2. The summed E-state index contributed by atoms with van der Waals surface area (Å²) in [6.45, 7) is 11.1. The largest absolute Gasteiger partial charge is 0.493 e. The molecule has 1 atom stereocenters. The van der Waals surface area contributed by atoms with Gasteiger partial charge < -0.3 is 18.9 Å². The molecule has 1 aliphatic heterocycles. The third-order valence-electron chi connectivity index (χ3n) is 6.07. The Morgan fingerprint density at radius 1 is 1.17 bits per heavy atom. The second-order valence-electron chi connectivity index (χ2n) is 9.75. The van der Waals surface area contributed by atoms with E-state index in [1.54, 1.807) is 37.3 Å². The Morgan fingerprint density at radius 2 is 1.95 bits per heavy atom. The minimum Gasteiger partial charge on any atom is -0.493 e. The van der Waals surface area contributed by atoms with Gasteiger partial charge in [-0.15, -0.1) is 0 Å². The Morgan fingerprint density at radius 3 is 2.63 bits per heavy atom. The van der Waals surface area contributed by atoms with Crippen molar-refractivity contribution in [1.82, 2.24) is 4.57 Å². The number of fused-ring (bicyclic) bond motifs is 1.